The zero-order valence-corrected chi connectivity index (χ0v) is 23.7. The second kappa shape index (κ2) is 11.9. The van der Waals surface area contributed by atoms with Gasteiger partial charge in [0.1, 0.15) is 0 Å². The molecule has 0 unspecified atom stereocenters. The summed E-state index contributed by atoms with van der Waals surface area (Å²) in [5, 5.41) is 1.82. The summed E-state index contributed by atoms with van der Waals surface area (Å²) in [5.74, 6) is 0. The molecule has 0 radical (unpaired) electrons. The Morgan fingerprint density at radius 1 is 0.419 bits per heavy atom. The Labute approximate surface area is 206 Å². The molecule has 0 aliphatic heterocycles. The molecule has 0 aromatic heterocycles. The standard InChI is InChI=1S/C27H33AsS3/c1-19(2)29-25-13-7-22(8-14-25)28(23-9-15-26(16-10-23)30-20(3)4)24-11-17-27(18-12-24)31-21(5)6/h7-21H,1-6H3. The van der Waals surface area contributed by atoms with Gasteiger partial charge in [-0.1, -0.05) is 0 Å². The van der Waals surface area contributed by atoms with E-state index in [-0.39, 0.29) is 0 Å². The molecule has 0 atom stereocenters. The van der Waals surface area contributed by atoms with Crippen molar-refractivity contribution in [1.82, 2.24) is 0 Å². The van der Waals surface area contributed by atoms with Crippen molar-refractivity contribution in [3.8, 4) is 0 Å². The van der Waals surface area contributed by atoms with Gasteiger partial charge < -0.3 is 0 Å². The molecule has 3 rings (SSSR count). The molecule has 0 N–H and O–H groups in total. The molecule has 0 nitrogen and oxygen atoms in total. The fourth-order valence-corrected chi connectivity index (χ4v) is 10.5. The van der Waals surface area contributed by atoms with Crippen molar-refractivity contribution in [2.75, 3.05) is 0 Å². The van der Waals surface area contributed by atoms with E-state index >= 15 is 0 Å². The third-order valence-corrected chi connectivity index (χ3v) is 12.6. The number of hydrogen-bond donors (Lipinski definition) is 0. The Kier molecular flexibility index (Phi) is 9.59. The van der Waals surface area contributed by atoms with E-state index in [9.17, 15) is 0 Å². The number of rotatable bonds is 9. The average molecular weight is 529 g/mol. The van der Waals surface area contributed by atoms with Crippen LogP contribution >= 0.6 is 35.3 Å². The zero-order chi connectivity index (χ0) is 22.4. The SMILES string of the molecule is CC(C)Sc1ccc([As](c2ccc(SC(C)C)cc2)c2ccc(SC(C)C)cc2)cc1. The van der Waals surface area contributed by atoms with Crippen LogP contribution in [0.25, 0.3) is 0 Å². The summed E-state index contributed by atoms with van der Waals surface area (Å²) in [6, 6.07) is 28.1. The van der Waals surface area contributed by atoms with Crippen molar-refractivity contribution in [1.29, 1.82) is 0 Å². The molecule has 0 aliphatic carbocycles. The van der Waals surface area contributed by atoms with Crippen molar-refractivity contribution in [3.05, 3.63) is 72.8 Å². The Hall–Kier alpha value is -0.732. The molecule has 3 aromatic carbocycles. The molecule has 0 aliphatic rings. The van der Waals surface area contributed by atoms with Crippen molar-refractivity contribution in [3.63, 3.8) is 0 Å². The van der Waals surface area contributed by atoms with E-state index in [4.69, 9.17) is 0 Å². The Morgan fingerprint density at radius 3 is 0.839 bits per heavy atom. The van der Waals surface area contributed by atoms with Crippen LogP contribution in [0, 0.1) is 0 Å². The quantitative estimate of drug-likeness (QED) is 0.224. The van der Waals surface area contributed by atoms with E-state index in [1.54, 1.807) is 0 Å². The summed E-state index contributed by atoms with van der Waals surface area (Å²) >= 11 is 4.22. The van der Waals surface area contributed by atoms with E-state index in [0.717, 1.165) is 0 Å². The van der Waals surface area contributed by atoms with Crippen molar-refractivity contribution in [2.24, 2.45) is 0 Å². The molecule has 0 fully saturated rings. The average Bonchev–Trinajstić information content (AvgIpc) is 2.71. The number of benzene rings is 3. The summed E-state index contributed by atoms with van der Waals surface area (Å²) in [7, 11) is 0. The predicted molar refractivity (Wildman–Crippen MR) is 147 cm³/mol. The first-order chi connectivity index (χ1) is 14.8. The molecule has 0 amide bonds. The van der Waals surface area contributed by atoms with Crippen LogP contribution in [-0.4, -0.2) is 30.4 Å². The van der Waals surface area contributed by atoms with Gasteiger partial charge in [-0.05, 0) is 0 Å². The van der Waals surface area contributed by atoms with E-state index in [0.29, 0.717) is 15.7 Å². The predicted octanol–water partition coefficient (Wildman–Crippen LogP) is 6.70. The summed E-state index contributed by atoms with van der Waals surface area (Å²) in [5.41, 5.74) is 0. The molecule has 4 heteroatoms. The van der Waals surface area contributed by atoms with E-state index in [2.05, 4.69) is 114 Å². The molecule has 0 spiro atoms. The van der Waals surface area contributed by atoms with E-state index in [1.807, 2.05) is 35.3 Å². The Balaban J connectivity index is 1.95. The number of hydrogen-bond acceptors (Lipinski definition) is 3. The van der Waals surface area contributed by atoms with Crippen LogP contribution in [0.15, 0.2) is 87.5 Å². The molecule has 164 valence electrons. The fourth-order valence-electron chi connectivity index (χ4n) is 3.29. The van der Waals surface area contributed by atoms with Gasteiger partial charge in [-0.2, -0.15) is 0 Å². The minimum atomic E-state index is -1.59. The van der Waals surface area contributed by atoms with Gasteiger partial charge in [0.25, 0.3) is 0 Å². The van der Waals surface area contributed by atoms with Crippen LogP contribution in [0.3, 0.4) is 0 Å². The Bertz CT molecular complexity index is 803. The van der Waals surface area contributed by atoms with Crippen LogP contribution in [0.1, 0.15) is 41.5 Å². The van der Waals surface area contributed by atoms with Crippen molar-refractivity contribution >= 4 is 63.0 Å². The Morgan fingerprint density at radius 2 is 0.645 bits per heavy atom. The van der Waals surface area contributed by atoms with Gasteiger partial charge in [-0.3, -0.25) is 0 Å². The maximum absolute atomic E-state index is 2.37. The second-order valence-corrected chi connectivity index (χ2v) is 17.9. The molecular weight excluding hydrogens is 495 g/mol. The van der Waals surface area contributed by atoms with Gasteiger partial charge >= 0.3 is 208 Å². The molecular formula is C27H33AsS3. The summed E-state index contributed by atoms with van der Waals surface area (Å²) < 4.78 is 4.48. The molecule has 31 heavy (non-hydrogen) atoms. The monoisotopic (exact) mass is 528 g/mol. The van der Waals surface area contributed by atoms with Gasteiger partial charge in [0.2, 0.25) is 0 Å². The third-order valence-electron chi connectivity index (χ3n) is 4.40. The van der Waals surface area contributed by atoms with Gasteiger partial charge in [-0.15, -0.1) is 0 Å². The normalized spacial score (nSPS) is 11.8. The summed E-state index contributed by atoms with van der Waals surface area (Å²) in [6.45, 7) is 13.5. The van der Waals surface area contributed by atoms with E-state index in [1.165, 1.54) is 27.7 Å². The molecule has 0 saturated carbocycles. The summed E-state index contributed by atoms with van der Waals surface area (Å²) in [6.07, 6.45) is 0. The second-order valence-electron chi connectivity index (χ2n) is 8.32. The fraction of sp³-hybridized carbons (Fsp3) is 0.333. The van der Waals surface area contributed by atoms with Crippen molar-refractivity contribution in [2.45, 2.75) is 72.0 Å². The minimum absolute atomic E-state index is 0.608. The van der Waals surface area contributed by atoms with Crippen LogP contribution in [0.2, 0.25) is 0 Å². The van der Waals surface area contributed by atoms with Crippen LogP contribution in [0.4, 0.5) is 0 Å². The first-order valence-electron chi connectivity index (χ1n) is 10.9. The van der Waals surface area contributed by atoms with Gasteiger partial charge in [0.05, 0.1) is 0 Å². The molecule has 0 heterocycles. The maximum atomic E-state index is 2.37. The van der Waals surface area contributed by atoms with Gasteiger partial charge in [0, 0.05) is 0 Å². The molecule has 0 saturated heterocycles. The topological polar surface area (TPSA) is 0 Å². The first-order valence-corrected chi connectivity index (χ1v) is 16.4. The van der Waals surface area contributed by atoms with Crippen LogP contribution in [-0.2, 0) is 0 Å². The third kappa shape index (κ3) is 7.67. The van der Waals surface area contributed by atoms with Crippen LogP contribution < -0.4 is 13.1 Å². The van der Waals surface area contributed by atoms with Gasteiger partial charge in [-0.25, -0.2) is 0 Å². The zero-order valence-electron chi connectivity index (χ0n) is 19.3. The van der Waals surface area contributed by atoms with E-state index < -0.39 is 14.7 Å². The van der Waals surface area contributed by atoms with Gasteiger partial charge in [0.15, 0.2) is 0 Å². The number of thioether (sulfide) groups is 3. The van der Waals surface area contributed by atoms with Crippen molar-refractivity contribution < 1.29 is 0 Å². The first kappa shape index (κ1) is 24.9. The molecule has 3 aromatic rings. The summed E-state index contributed by atoms with van der Waals surface area (Å²) in [4.78, 5) is 4.08. The van der Waals surface area contributed by atoms with Crippen LogP contribution in [0.5, 0.6) is 0 Å². The molecule has 0 bridgehead atoms.